The summed E-state index contributed by atoms with van der Waals surface area (Å²) >= 11 is 0. The van der Waals surface area contributed by atoms with Gasteiger partial charge in [0.25, 0.3) is 0 Å². The highest BCUT2D eigenvalue weighted by Gasteiger charge is 2.46. The molecule has 0 spiro atoms. The zero-order valence-electron chi connectivity index (χ0n) is 26.8. The molecule has 47 heavy (non-hydrogen) atoms. The van der Waals surface area contributed by atoms with Gasteiger partial charge in [-0.15, -0.1) is 0 Å². The van der Waals surface area contributed by atoms with Gasteiger partial charge in [0.1, 0.15) is 18.2 Å². The van der Waals surface area contributed by atoms with Gasteiger partial charge < -0.3 is 30.3 Å². The van der Waals surface area contributed by atoms with Crippen molar-refractivity contribution in [3.63, 3.8) is 0 Å². The number of nitrogens with zero attached hydrogens (tertiary/aromatic N) is 5. The Morgan fingerprint density at radius 1 is 0.979 bits per heavy atom. The Morgan fingerprint density at radius 2 is 1.79 bits per heavy atom. The fourth-order valence-corrected chi connectivity index (χ4v) is 9.19. The van der Waals surface area contributed by atoms with E-state index in [-0.39, 0.29) is 35.4 Å². The number of ether oxygens (including phenoxy) is 1. The lowest BCUT2D eigenvalue weighted by Crippen LogP contribution is -2.59. The molecular formula is C37H43N7O3. The van der Waals surface area contributed by atoms with Crippen molar-refractivity contribution in [3.05, 3.63) is 54.6 Å². The zero-order valence-corrected chi connectivity index (χ0v) is 26.8. The molecule has 244 valence electrons. The first kappa shape index (κ1) is 29.0. The standard InChI is InChI=1S/C37H43N7O3/c45-29-17-24-5-1-2-6-30(24)32(19-29)25-7-10-31-33(18-25)40-35(47-23-37-12-3-15-43(37)16-4-13-37)41-34(31)42-21-27-8-9-28(22-42)44(27)36(46)39-26-11-14-38-20-26/h1-2,5-7,10,17-19,26-28,38,45H,3-4,8-9,11-16,20-23H2,(H,39,46)/t26-,27-,28+/m0/s1. The van der Waals surface area contributed by atoms with Crippen molar-refractivity contribution >= 4 is 33.5 Å². The fraction of sp³-hybridized carbons (Fsp3) is 0.486. The fourth-order valence-electron chi connectivity index (χ4n) is 9.19. The molecule has 5 saturated heterocycles. The first-order valence-electron chi connectivity index (χ1n) is 17.5. The van der Waals surface area contributed by atoms with Gasteiger partial charge in [-0.2, -0.15) is 9.97 Å². The van der Waals surface area contributed by atoms with E-state index < -0.39 is 0 Å². The van der Waals surface area contributed by atoms with Gasteiger partial charge in [0.15, 0.2) is 0 Å². The highest BCUT2D eigenvalue weighted by atomic mass is 16.5. The number of amides is 2. The van der Waals surface area contributed by atoms with Gasteiger partial charge in [-0.25, -0.2) is 4.79 Å². The van der Waals surface area contributed by atoms with Crippen LogP contribution in [-0.2, 0) is 0 Å². The minimum absolute atomic E-state index is 0.0716. The Balaban J connectivity index is 1.07. The SMILES string of the molecule is O=C(N[C@H]1CCNC1)N1[C@@H]2CC[C@H]1CN(c1nc(OCC34CCCN3CCC4)nc3cc(-c4cc(O)cc5ccccc45)ccc13)C2. The van der Waals surface area contributed by atoms with Gasteiger partial charge >= 0.3 is 12.0 Å². The van der Waals surface area contributed by atoms with E-state index in [4.69, 9.17) is 14.7 Å². The van der Waals surface area contributed by atoms with Crippen LogP contribution in [0.4, 0.5) is 10.6 Å². The maximum absolute atomic E-state index is 13.4. The van der Waals surface area contributed by atoms with Gasteiger partial charge in [-0.1, -0.05) is 30.3 Å². The van der Waals surface area contributed by atoms with Crippen LogP contribution in [0, 0.1) is 0 Å². The normalized spacial score (nSPS) is 25.1. The van der Waals surface area contributed by atoms with Crippen LogP contribution in [0.1, 0.15) is 44.9 Å². The van der Waals surface area contributed by atoms with Crippen LogP contribution in [0.2, 0.25) is 0 Å². The van der Waals surface area contributed by atoms with Crippen LogP contribution in [0.3, 0.4) is 0 Å². The predicted octanol–water partition coefficient (Wildman–Crippen LogP) is 4.89. The topological polar surface area (TPSA) is 106 Å². The average Bonchev–Trinajstić information content (AvgIpc) is 3.87. The predicted molar refractivity (Wildman–Crippen MR) is 183 cm³/mol. The number of piperazine rings is 1. The van der Waals surface area contributed by atoms with Gasteiger partial charge in [0.2, 0.25) is 0 Å². The average molecular weight is 634 g/mol. The smallest absolute Gasteiger partial charge is 0.319 e. The van der Waals surface area contributed by atoms with Gasteiger partial charge in [0.05, 0.1) is 23.1 Å². The lowest BCUT2D eigenvalue weighted by molar-refractivity contribution is 0.108. The summed E-state index contributed by atoms with van der Waals surface area (Å²) in [6.07, 6.45) is 7.72. The number of nitrogens with one attached hydrogen (secondary N) is 2. The lowest BCUT2D eigenvalue weighted by atomic mass is 9.95. The van der Waals surface area contributed by atoms with E-state index in [1.807, 2.05) is 24.3 Å². The second-order valence-electron chi connectivity index (χ2n) is 14.3. The number of benzene rings is 3. The third kappa shape index (κ3) is 5.13. The molecule has 0 radical (unpaired) electrons. The Hall–Kier alpha value is -4.15. The molecular weight excluding hydrogens is 590 g/mol. The second-order valence-corrected chi connectivity index (χ2v) is 14.3. The number of carbonyl (C=O) groups is 1. The molecule has 4 aromatic rings. The molecule has 10 heteroatoms. The minimum Gasteiger partial charge on any atom is -0.508 e. The number of rotatable bonds is 6. The molecule has 5 aliphatic rings. The summed E-state index contributed by atoms with van der Waals surface area (Å²) in [5.41, 5.74) is 2.86. The van der Waals surface area contributed by atoms with Crippen LogP contribution in [0.25, 0.3) is 32.8 Å². The van der Waals surface area contributed by atoms with E-state index in [0.29, 0.717) is 12.6 Å². The molecule has 0 unspecified atom stereocenters. The highest BCUT2D eigenvalue weighted by Crippen LogP contribution is 2.41. The van der Waals surface area contributed by atoms with E-state index >= 15 is 0 Å². The molecule has 0 saturated carbocycles. The molecule has 10 nitrogen and oxygen atoms in total. The number of phenolic OH excluding ortho intramolecular Hbond substituents is 1. The van der Waals surface area contributed by atoms with Crippen molar-refractivity contribution in [2.75, 3.05) is 50.8 Å². The maximum atomic E-state index is 13.4. The highest BCUT2D eigenvalue weighted by molar-refractivity contribution is 6.01. The van der Waals surface area contributed by atoms with Gasteiger partial charge in [0, 0.05) is 31.1 Å². The number of anilines is 1. The van der Waals surface area contributed by atoms with Crippen molar-refractivity contribution < 1.29 is 14.6 Å². The minimum atomic E-state index is 0.0716. The summed E-state index contributed by atoms with van der Waals surface area (Å²) in [5, 5.41) is 20.3. The lowest BCUT2D eigenvalue weighted by Gasteiger charge is -2.42. The second kappa shape index (κ2) is 11.5. The summed E-state index contributed by atoms with van der Waals surface area (Å²) in [4.78, 5) is 30.6. The first-order valence-corrected chi connectivity index (χ1v) is 17.5. The molecule has 9 rings (SSSR count). The Morgan fingerprint density at radius 3 is 2.57 bits per heavy atom. The van der Waals surface area contributed by atoms with E-state index in [2.05, 4.69) is 49.6 Å². The third-order valence-electron chi connectivity index (χ3n) is 11.5. The van der Waals surface area contributed by atoms with Crippen LogP contribution in [0.15, 0.2) is 54.6 Å². The Labute approximate surface area is 275 Å². The van der Waals surface area contributed by atoms with E-state index in [1.165, 1.54) is 12.8 Å². The van der Waals surface area contributed by atoms with Crippen LogP contribution in [0.5, 0.6) is 11.8 Å². The van der Waals surface area contributed by atoms with E-state index in [9.17, 15) is 9.90 Å². The van der Waals surface area contributed by atoms with E-state index in [0.717, 1.165) is 110 Å². The van der Waals surface area contributed by atoms with Crippen molar-refractivity contribution in [2.24, 2.45) is 0 Å². The number of hydrogen-bond donors (Lipinski definition) is 3. The largest absolute Gasteiger partial charge is 0.508 e. The summed E-state index contributed by atoms with van der Waals surface area (Å²) in [5.74, 6) is 1.12. The maximum Gasteiger partial charge on any atom is 0.319 e. The summed E-state index contributed by atoms with van der Waals surface area (Å²) in [7, 11) is 0. The van der Waals surface area contributed by atoms with Crippen molar-refractivity contribution in [1.29, 1.82) is 0 Å². The van der Waals surface area contributed by atoms with Gasteiger partial charge in [-0.05, 0) is 111 Å². The van der Waals surface area contributed by atoms with Crippen molar-refractivity contribution in [2.45, 2.75) is 68.6 Å². The molecule has 3 atom stereocenters. The van der Waals surface area contributed by atoms with E-state index in [1.54, 1.807) is 6.07 Å². The molecule has 3 aromatic carbocycles. The molecule has 2 bridgehead atoms. The zero-order chi connectivity index (χ0) is 31.5. The number of fused-ring (bicyclic) bond motifs is 5. The van der Waals surface area contributed by atoms with Crippen LogP contribution < -0.4 is 20.3 Å². The number of aromatic hydroxyl groups is 1. The van der Waals surface area contributed by atoms with Crippen molar-refractivity contribution in [1.82, 2.24) is 30.4 Å². The van der Waals surface area contributed by atoms with Crippen molar-refractivity contribution in [3.8, 4) is 22.9 Å². The van der Waals surface area contributed by atoms with Crippen LogP contribution >= 0.6 is 0 Å². The molecule has 1 aromatic heterocycles. The number of aromatic nitrogens is 2. The summed E-state index contributed by atoms with van der Waals surface area (Å²) < 4.78 is 6.56. The van der Waals surface area contributed by atoms with Crippen LogP contribution in [-0.4, -0.2) is 100 Å². The monoisotopic (exact) mass is 633 g/mol. The first-order chi connectivity index (χ1) is 23.0. The molecule has 2 amide bonds. The number of urea groups is 1. The molecule has 6 heterocycles. The molecule has 3 N–H and O–H groups in total. The van der Waals surface area contributed by atoms with Gasteiger partial charge in [-0.3, -0.25) is 4.90 Å². The number of phenols is 1. The molecule has 5 aliphatic heterocycles. The summed E-state index contributed by atoms with van der Waals surface area (Å²) in [6.45, 7) is 6.16. The number of carbonyl (C=O) groups excluding carboxylic acids is 1. The Bertz CT molecular complexity index is 1820. The molecule has 0 aliphatic carbocycles. The quantitative estimate of drug-likeness (QED) is 0.276. The number of hydrogen-bond acceptors (Lipinski definition) is 8. The molecule has 5 fully saturated rings. The Kier molecular flexibility index (Phi) is 7.12. The summed E-state index contributed by atoms with van der Waals surface area (Å²) in [6, 6.07) is 19.1. The third-order valence-corrected chi connectivity index (χ3v) is 11.5.